The van der Waals surface area contributed by atoms with Crippen molar-refractivity contribution in [1.29, 1.82) is 0 Å². The molecule has 0 atom stereocenters. The van der Waals surface area contributed by atoms with Gasteiger partial charge in [0.2, 0.25) is 0 Å². The van der Waals surface area contributed by atoms with E-state index < -0.39 is 11.8 Å². The largest absolute Gasteiger partial charge is 0.465 e. The number of ether oxygens (including phenoxy) is 1. The van der Waals surface area contributed by atoms with Crippen LogP contribution in [0.25, 0.3) is 10.6 Å². The normalized spacial score (nSPS) is 10.4. The molecule has 6 heteroatoms. The van der Waals surface area contributed by atoms with Gasteiger partial charge in [-0.05, 0) is 25.1 Å². The number of carbonyl (C=O) groups excluding carboxylic acids is 1. The molecule has 1 aromatic heterocycles. The summed E-state index contributed by atoms with van der Waals surface area (Å²) in [4.78, 5) is 16.1. The number of thiazole rings is 1. The lowest BCUT2D eigenvalue weighted by atomic mass is 10.2. The maximum Gasteiger partial charge on any atom is 0.349 e. The molecule has 1 aromatic carbocycles. The van der Waals surface area contributed by atoms with Gasteiger partial charge in [-0.2, -0.15) is 0 Å². The lowest BCUT2D eigenvalue weighted by Crippen LogP contribution is -1.99. The first-order valence-electron chi connectivity index (χ1n) is 5.04. The summed E-state index contributed by atoms with van der Waals surface area (Å²) >= 11 is 7.12. The van der Waals surface area contributed by atoms with Gasteiger partial charge in [0.1, 0.15) is 15.7 Å². The van der Waals surface area contributed by atoms with E-state index in [2.05, 4.69) is 9.72 Å². The average Bonchev–Trinajstić information content (AvgIpc) is 2.70. The van der Waals surface area contributed by atoms with Crippen molar-refractivity contribution in [2.75, 3.05) is 7.11 Å². The third kappa shape index (κ3) is 2.37. The van der Waals surface area contributed by atoms with Gasteiger partial charge in [0.15, 0.2) is 0 Å². The zero-order chi connectivity index (χ0) is 13.3. The van der Waals surface area contributed by atoms with Crippen LogP contribution in [0.1, 0.15) is 15.4 Å². The fourth-order valence-corrected chi connectivity index (χ4v) is 2.79. The number of halogens is 2. The van der Waals surface area contributed by atoms with Gasteiger partial charge >= 0.3 is 5.97 Å². The van der Waals surface area contributed by atoms with Crippen LogP contribution in [0.5, 0.6) is 0 Å². The van der Waals surface area contributed by atoms with E-state index in [4.69, 9.17) is 11.6 Å². The number of hydrogen-bond donors (Lipinski definition) is 0. The number of esters is 1. The van der Waals surface area contributed by atoms with Crippen molar-refractivity contribution in [3.63, 3.8) is 0 Å². The maximum atomic E-state index is 13.0. The molecule has 0 spiro atoms. The van der Waals surface area contributed by atoms with E-state index in [0.29, 0.717) is 21.1 Å². The second kappa shape index (κ2) is 5.04. The van der Waals surface area contributed by atoms with Crippen molar-refractivity contribution in [3.8, 4) is 10.6 Å². The van der Waals surface area contributed by atoms with Gasteiger partial charge in [-0.25, -0.2) is 14.2 Å². The summed E-state index contributed by atoms with van der Waals surface area (Å²) in [6.07, 6.45) is 0. The van der Waals surface area contributed by atoms with Gasteiger partial charge in [0, 0.05) is 5.56 Å². The van der Waals surface area contributed by atoms with E-state index >= 15 is 0 Å². The number of hydrogen-bond acceptors (Lipinski definition) is 4. The molecule has 0 amide bonds. The Bertz CT molecular complexity index is 612. The summed E-state index contributed by atoms with van der Waals surface area (Å²) in [6, 6.07) is 4.05. The van der Waals surface area contributed by atoms with Gasteiger partial charge in [-0.15, -0.1) is 11.3 Å². The van der Waals surface area contributed by atoms with Crippen LogP contribution in [-0.2, 0) is 4.74 Å². The number of nitrogens with zero attached hydrogens (tertiary/aromatic N) is 1. The number of rotatable bonds is 2. The van der Waals surface area contributed by atoms with Crippen molar-refractivity contribution < 1.29 is 13.9 Å². The number of methoxy groups -OCH3 is 1. The van der Waals surface area contributed by atoms with Gasteiger partial charge in [-0.3, -0.25) is 0 Å². The summed E-state index contributed by atoms with van der Waals surface area (Å²) in [6.45, 7) is 1.71. The van der Waals surface area contributed by atoms with E-state index in [1.54, 1.807) is 6.92 Å². The summed E-state index contributed by atoms with van der Waals surface area (Å²) < 4.78 is 17.6. The molecule has 0 fully saturated rings. The van der Waals surface area contributed by atoms with Gasteiger partial charge < -0.3 is 4.74 Å². The lowest BCUT2D eigenvalue weighted by Gasteiger charge is -1.99. The smallest absolute Gasteiger partial charge is 0.349 e. The average molecular weight is 286 g/mol. The second-order valence-electron chi connectivity index (χ2n) is 3.55. The second-order valence-corrected chi connectivity index (χ2v) is 4.96. The van der Waals surface area contributed by atoms with Crippen LogP contribution in [0.2, 0.25) is 5.02 Å². The van der Waals surface area contributed by atoms with Crippen molar-refractivity contribution in [1.82, 2.24) is 4.98 Å². The highest BCUT2D eigenvalue weighted by Gasteiger charge is 2.17. The van der Waals surface area contributed by atoms with Crippen LogP contribution in [0.4, 0.5) is 4.39 Å². The van der Waals surface area contributed by atoms with Crippen LogP contribution in [-0.4, -0.2) is 18.1 Å². The highest BCUT2D eigenvalue weighted by atomic mass is 35.5. The first-order valence-corrected chi connectivity index (χ1v) is 6.23. The Morgan fingerprint density at radius 2 is 2.22 bits per heavy atom. The quantitative estimate of drug-likeness (QED) is 0.790. The molecule has 2 aromatic rings. The Kier molecular flexibility index (Phi) is 3.63. The van der Waals surface area contributed by atoms with Crippen LogP contribution < -0.4 is 0 Å². The van der Waals surface area contributed by atoms with Crippen molar-refractivity contribution in [2.45, 2.75) is 6.92 Å². The Morgan fingerprint density at radius 3 is 2.83 bits per heavy atom. The molecule has 0 radical (unpaired) electrons. The number of carbonyl (C=O) groups is 1. The Labute approximate surface area is 112 Å². The van der Waals surface area contributed by atoms with E-state index in [0.717, 1.165) is 0 Å². The molecule has 0 saturated heterocycles. The van der Waals surface area contributed by atoms with Crippen LogP contribution in [0, 0.1) is 12.7 Å². The predicted molar refractivity (Wildman–Crippen MR) is 68.6 cm³/mol. The minimum Gasteiger partial charge on any atom is -0.465 e. The zero-order valence-corrected chi connectivity index (χ0v) is 11.2. The van der Waals surface area contributed by atoms with E-state index in [1.807, 2.05) is 0 Å². The molecule has 0 unspecified atom stereocenters. The standard InChI is InChI=1S/C12H9ClFNO2S/c1-6-10(12(16)17-2)18-11(15-6)8-4-3-7(14)5-9(8)13/h3-5H,1-2H3. The Morgan fingerprint density at radius 1 is 1.50 bits per heavy atom. The third-order valence-electron chi connectivity index (χ3n) is 2.33. The van der Waals surface area contributed by atoms with Crippen molar-refractivity contribution in [3.05, 3.63) is 39.6 Å². The van der Waals surface area contributed by atoms with E-state index in [1.165, 1.54) is 36.6 Å². The number of aryl methyl sites for hydroxylation is 1. The first-order chi connectivity index (χ1) is 8.52. The van der Waals surface area contributed by atoms with Crippen LogP contribution >= 0.6 is 22.9 Å². The Balaban J connectivity index is 2.49. The molecule has 18 heavy (non-hydrogen) atoms. The highest BCUT2D eigenvalue weighted by Crippen LogP contribution is 2.33. The molecular weight excluding hydrogens is 277 g/mol. The molecular formula is C12H9ClFNO2S. The molecule has 2 rings (SSSR count). The van der Waals surface area contributed by atoms with Gasteiger partial charge in [0.25, 0.3) is 0 Å². The minimum absolute atomic E-state index is 0.264. The minimum atomic E-state index is -0.436. The van der Waals surface area contributed by atoms with Crippen molar-refractivity contribution >= 4 is 28.9 Å². The van der Waals surface area contributed by atoms with Crippen molar-refractivity contribution in [2.24, 2.45) is 0 Å². The summed E-state index contributed by atoms with van der Waals surface area (Å²) in [7, 11) is 1.31. The maximum absolute atomic E-state index is 13.0. The molecule has 94 valence electrons. The topological polar surface area (TPSA) is 39.2 Å². The van der Waals surface area contributed by atoms with Gasteiger partial charge in [0.05, 0.1) is 17.8 Å². The Hall–Kier alpha value is -1.46. The molecule has 1 heterocycles. The fourth-order valence-electron chi connectivity index (χ4n) is 1.46. The van der Waals surface area contributed by atoms with Crippen LogP contribution in [0.15, 0.2) is 18.2 Å². The summed E-state index contributed by atoms with van der Waals surface area (Å²) in [5.41, 5.74) is 1.17. The van der Waals surface area contributed by atoms with E-state index in [-0.39, 0.29) is 5.02 Å². The van der Waals surface area contributed by atoms with E-state index in [9.17, 15) is 9.18 Å². The molecule has 0 saturated carbocycles. The molecule has 0 aliphatic heterocycles. The molecule has 0 aliphatic rings. The SMILES string of the molecule is COC(=O)c1sc(-c2ccc(F)cc2Cl)nc1C. The number of aromatic nitrogens is 1. The summed E-state index contributed by atoms with van der Waals surface area (Å²) in [5, 5.41) is 0.832. The fraction of sp³-hybridized carbons (Fsp3) is 0.167. The zero-order valence-electron chi connectivity index (χ0n) is 9.66. The molecule has 0 aliphatic carbocycles. The van der Waals surface area contributed by atoms with Crippen LogP contribution in [0.3, 0.4) is 0 Å². The first kappa shape index (κ1) is 13.0. The highest BCUT2D eigenvalue weighted by molar-refractivity contribution is 7.17. The molecule has 3 nitrogen and oxygen atoms in total. The van der Waals surface area contributed by atoms with Gasteiger partial charge in [-0.1, -0.05) is 11.6 Å². The lowest BCUT2D eigenvalue weighted by molar-refractivity contribution is 0.0605. The number of benzene rings is 1. The molecule has 0 bridgehead atoms. The monoisotopic (exact) mass is 285 g/mol. The molecule has 0 N–H and O–H groups in total. The summed E-state index contributed by atoms with van der Waals surface area (Å²) in [5.74, 6) is -0.847. The predicted octanol–water partition coefficient (Wildman–Crippen LogP) is 3.70. The third-order valence-corrected chi connectivity index (χ3v) is 3.81.